The summed E-state index contributed by atoms with van der Waals surface area (Å²) in [7, 11) is 1.61. The number of halogens is 1. The number of nitrogens with zero attached hydrogens (tertiary/aromatic N) is 2. The molecule has 3 aromatic carbocycles. The van der Waals surface area contributed by atoms with Crippen LogP contribution >= 0.6 is 23.4 Å². The summed E-state index contributed by atoms with van der Waals surface area (Å²) in [5.41, 5.74) is 5.44. The first-order chi connectivity index (χ1) is 17.4. The molecule has 7 heteroatoms. The van der Waals surface area contributed by atoms with E-state index < -0.39 is 5.25 Å². The Labute approximate surface area is 220 Å². The lowest BCUT2D eigenvalue weighted by Crippen LogP contribution is -2.22. The van der Waals surface area contributed by atoms with E-state index in [1.807, 2.05) is 61.5 Å². The second-order valence-corrected chi connectivity index (χ2v) is 9.97. The number of nitrogens with one attached hydrogen (secondary N) is 1. The third kappa shape index (κ3) is 5.88. The maximum atomic E-state index is 12.9. The molecule has 4 aromatic rings. The lowest BCUT2D eigenvalue weighted by molar-refractivity contribution is -0.115. The first kappa shape index (κ1) is 25.3. The van der Waals surface area contributed by atoms with Gasteiger partial charge in [0, 0.05) is 21.8 Å². The molecule has 1 N–H and O–H groups in total. The molecule has 36 heavy (non-hydrogen) atoms. The number of thioether (sulfide) groups is 1. The number of methoxy groups -OCH3 is 1. The van der Waals surface area contributed by atoms with Crippen molar-refractivity contribution < 1.29 is 9.53 Å². The Hall–Kier alpha value is -3.79. The number of pyridine rings is 1. The predicted molar refractivity (Wildman–Crippen MR) is 147 cm³/mol. The number of nitriles is 1. The Morgan fingerprint density at radius 2 is 1.75 bits per heavy atom. The fraction of sp³-hybridized carbons (Fsp3) is 0.138. The van der Waals surface area contributed by atoms with Gasteiger partial charge in [-0.1, -0.05) is 71.4 Å². The molecule has 180 valence electrons. The van der Waals surface area contributed by atoms with Gasteiger partial charge in [-0.05, 0) is 55.8 Å². The van der Waals surface area contributed by atoms with E-state index in [0.717, 1.165) is 33.7 Å². The highest BCUT2D eigenvalue weighted by atomic mass is 35.5. The minimum absolute atomic E-state index is 0.209. The zero-order valence-electron chi connectivity index (χ0n) is 20.1. The lowest BCUT2D eigenvalue weighted by Gasteiger charge is -2.16. The minimum atomic E-state index is -0.513. The van der Waals surface area contributed by atoms with Gasteiger partial charge in [0.15, 0.2) is 0 Å². The van der Waals surface area contributed by atoms with Gasteiger partial charge in [0.25, 0.3) is 0 Å². The summed E-state index contributed by atoms with van der Waals surface area (Å²) < 4.78 is 5.29. The third-order valence-corrected chi connectivity index (χ3v) is 6.92. The number of anilines is 1. The Bertz CT molecular complexity index is 1430. The summed E-state index contributed by atoms with van der Waals surface area (Å²) in [4.78, 5) is 17.8. The van der Waals surface area contributed by atoms with Crippen molar-refractivity contribution in [2.45, 2.75) is 24.1 Å². The molecule has 4 rings (SSSR count). The molecule has 0 aliphatic carbocycles. The largest absolute Gasteiger partial charge is 0.497 e. The van der Waals surface area contributed by atoms with E-state index in [1.165, 1.54) is 11.8 Å². The van der Waals surface area contributed by atoms with Crippen LogP contribution in [0.4, 0.5) is 5.69 Å². The molecule has 1 atom stereocenters. The Kier molecular flexibility index (Phi) is 7.94. The molecule has 0 saturated carbocycles. The molecule has 0 unspecified atom stereocenters. The van der Waals surface area contributed by atoms with E-state index in [-0.39, 0.29) is 5.91 Å². The van der Waals surface area contributed by atoms with Crippen molar-refractivity contribution in [1.29, 1.82) is 5.26 Å². The second-order valence-electron chi connectivity index (χ2n) is 8.20. The van der Waals surface area contributed by atoms with Crippen molar-refractivity contribution in [3.8, 4) is 34.2 Å². The highest BCUT2D eigenvalue weighted by Gasteiger charge is 2.21. The average molecular weight is 514 g/mol. The van der Waals surface area contributed by atoms with Gasteiger partial charge in [-0.15, -0.1) is 0 Å². The number of amides is 1. The van der Waals surface area contributed by atoms with E-state index in [9.17, 15) is 10.1 Å². The minimum Gasteiger partial charge on any atom is -0.497 e. The summed E-state index contributed by atoms with van der Waals surface area (Å²) in [6, 6.07) is 26.8. The molecule has 5 nitrogen and oxygen atoms in total. The number of carbonyl (C=O) groups is 1. The van der Waals surface area contributed by atoms with Gasteiger partial charge in [-0.3, -0.25) is 4.79 Å². The zero-order valence-corrected chi connectivity index (χ0v) is 21.7. The van der Waals surface area contributed by atoms with Gasteiger partial charge < -0.3 is 10.1 Å². The molecule has 1 amide bonds. The highest BCUT2D eigenvalue weighted by molar-refractivity contribution is 8.00. The standard InChI is InChI=1S/C29H24ClN3O2S/c1-18-7-9-21(10-8-18)27-16-25(20-11-13-24(35-3)14-12-20)26(17-31)29(33-27)36-19(2)28(34)32-23-6-4-5-22(30)15-23/h4-16,19H,1-3H3,(H,32,34)/t19-/m1/s1. The Morgan fingerprint density at radius 1 is 1.06 bits per heavy atom. The summed E-state index contributed by atoms with van der Waals surface area (Å²) in [6.45, 7) is 3.82. The third-order valence-electron chi connectivity index (χ3n) is 5.60. The maximum Gasteiger partial charge on any atom is 0.237 e. The Morgan fingerprint density at radius 3 is 2.39 bits per heavy atom. The monoisotopic (exact) mass is 513 g/mol. The van der Waals surface area contributed by atoms with Crippen LogP contribution in [0.2, 0.25) is 5.02 Å². The van der Waals surface area contributed by atoms with Gasteiger partial charge in [-0.2, -0.15) is 5.26 Å². The van der Waals surface area contributed by atoms with Crippen molar-refractivity contribution in [3.05, 3.63) is 95.0 Å². The van der Waals surface area contributed by atoms with Gasteiger partial charge in [0.1, 0.15) is 16.8 Å². The van der Waals surface area contributed by atoms with Gasteiger partial charge in [-0.25, -0.2) is 4.98 Å². The average Bonchev–Trinajstić information content (AvgIpc) is 2.88. The van der Waals surface area contributed by atoms with Crippen molar-refractivity contribution >= 4 is 35.0 Å². The first-order valence-electron chi connectivity index (χ1n) is 11.3. The van der Waals surface area contributed by atoms with Crippen LogP contribution in [0.3, 0.4) is 0 Å². The molecule has 1 heterocycles. The highest BCUT2D eigenvalue weighted by Crippen LogP contribution is 2.36. The number of ether oxygens (including phenoxy) is 1. The van der Waals surface area contributed by atoms with Gasteiger partial charge in [0.2, 0.25) is 5.91 Å². The molecule has 0 aliphatic heterocycles. The molecule has 0 aliphatic rings. The quantitative estimate of drug-likeness (QED) is 0.261. The van der Waals surface area contributed by atoms with E-state index in [2.05, 4.69) is 11.4 Å². The van der Waals surface area contributed by atoms with Crippen LogP contribution in [-0.4, -0.2) is 23.3 Å². The van der Waals surface area contributed by atoms with E-state index in [4.69, 9.17) is 21.3 Å². The van der Waals surface area contributed by atoms with E-state index in [0.29, 0.717) is 21.3 Å². The van der Waals surface area contributed by atoms with Crippen LogP contribution in [0.5, 0.6) is 5.75 Å². The van der Waals surface area contributed by atoms with Crippen molar-refractivity contribution in [2.24, 2.45) is 0 Å². The predicted octanol–water partition coefficient (Wildman–Crippen LogP) is 7.38. The van der Waals surface area contributed by atoms with Crippen LogP contribution in [0.1, 0.15) is 18.1 Å². The topological polar surface area (TPSA) is 75.0 Å². The zero-order chi connectivity index (χ0) is 25.7. The molecular weight excluding hydrogens is 490 g/mol. The number of rotatable bonds is 7. The first-order valence-corrected chi connectivity index (χ1v) is 12.5. The number of hydrogen-bond donors (Lipinski definition) is 1. The second kappa shape index (κ2) is 11.3. The fourth-order valence-corrected chi connectivity index (χ4v) is 4.73. The van der Waals surface area contributed by atoms with Crippen LogP contribution in [0.25, 0.3) is 22.4 Å². The molecule has 1 aromatic heterocycles. The number of hydrogen-bond acceptors (Lipinski definition) is 5. The number of benzene rings is 3. The van der Waals surface area contributed by atoms with Gasteiger partial charge >= 0.3 is 0 Å². The summed E-state index contributed by atoms with van der Waals surface area (Å²) in [5.74, 6) is 0.519. The van der Waals surface area contributed by atoms with Crippen molar-refractivity contribution in [2.75, 3.05) is 12.4 Å². The number of aromatic nitrogens is 1. The van der Waals surface area contributed by atoms with E-state index in [1.54, 1.807) is 38.3 Å². The maximum absolute atomic E-state index is 12.9. The molecule has 0 saturated heterocycles. The van der Waals surface area contributed by atoms with Crippen LogP contribution in [-0.2, 0) is 4.79 Å². The molecular formula is C29H24ClN3O2S. The van der Waals surface area contributed by atoms with E-state index >= 15 is 0 Å². The fourth-order valence-electron chi connectivity index (χ4n) is 3.62. The van der Waals surface area contributed by atoms with Crippen LogP contribution in [0.15, 0.2) is 83.9 Å². The SMILES string of the molecule is COc1ccc(-c2cc(-c3ccc(C)cc3)nc(S[C@H](C)C(=O)Nc3cccc(Cl)c3)c2C#N)cc1. The molecule has 0 radical (unpaired) electrons. The van der Waals surface area contributed by atoms with Crippen molar-refractivity contribution in [3.63, 3.8) is 0 Å². The normalized spacial score (nSPS) is 11.4. The summed E-state index contributed by atoms with van der Waals surface area (Å²) in [6.07, 6.45) is 0. The smallest absolute Gasteiger partial charge is 0.237 e. The Balaban J connectivity index is 1.74. The molecule has 0 bridgehead atoms. The molecule has 0 fully saturated rings. The molecule has 0 spiro atoms. The number of aryl methyl sites for hydroxylation is 1. The van der Waals surface area contributed by atoms with Gasteiger partial charge in [0.05, 0.1) is 23.6 Å². The summed E-state index contributed by atoms with van der Waals surface area (Å²) in [5, 5.41) is 13.5. The summed E-state index contributed by atoms with van der Waals surface area (Å²) >= 11 is 7.30. The lowest BCUT2D eigenvalue weighted by atomic mass is 9.99. The van der Waals surface area contributed by atoms with Crippen molar-refractivity contribution in [1.82, 2.24) is 4.98 Å². The van der Waals surface area contributed by atoms with Crippen LogP contribution < -0.4 is 10.1 Å². The van der Waals surface area contributed by atoms with Crippen LogP contribution in [0, 0.1) is 18.3 Å². The number of carbonyl (C=O) groups excluding carboxylic acids is 1.